The lowest BCUT2D eigenvalue weighted by atomic mass is 9.98. The van der Waals surface area contributed by atoms with Crippen LogP contribution in [0.1, 0.15) is 37.1 Å². The number of nitrogens with zero attached hydrogens (tertiary/aromatic N) is 2. The molecule has 2 N–H and O–H groups in total. The highest BCUT2D eigenvalue weighted by Crippen LogP contribution is 2.29. The first-order valence-electron chi connectivity index (χ1n) is 6.48. The standard InChI is InChI=1S/C13H19N3O3/c1-9-7-10(2)16(15-9)8-11(17)14-13(12(18)19)5-3-4-6-13/h7H,3-6,8H2,1-2H3,(H,14,17)(H,18,19). The number of hydrogen-bond donors (Lipinski definition) is 2. The zero-order chi connectivity index (χ0) is 14.0. The van der Waals surface area contributed by atoms with Crippen LogP contribution in [0.3, 0.4) is 0 Å². The van der Waals surface area contributed by atoms with Crippen LogP contribution in [0, 0.1) is 13.8 Å². The maximum Gasteiger partial charge on any atom is 0.329 e. The number of aromatic nitrogens is 2. The Labute approximate surface area is 111 Å². The van der Waals surface area contributed by atoms with E-state index in [2.05, 4.69) is 10.4 Å². The van der Waals surface area contributed by atoms with E-state index in [0.717, 1.165) is 24.2 Å². The average Bonchev–Trinajstić information content (AvgIpc) is 2.88. The molecule has 0 aliphatic heterocycles. The maximum atomic E-state index is 12.0. The smallest absolute Gasteiger partial charge is 0.329 e. The Morgan fingerprint density at radius 1 is 1.42 bits per heavy atom. The molecule has 0 aromatic carbocycles. The third-order valence-corrected chi connectivity index (χ3v) is 3.64. The molecule has 0 atom stereocenters. The van der Waals surface area contributed by atoms with Crippen molar-refractivity contribution >= 4 is 11.9 Å². The van der Waals surface area contributed by atoms with Crippen LogP contribution in [0.5, 0.6) is 0 Å². The number of hydrogen-bond acceptors (Lipinski definition) is 3. The number of rotatable bonds is 4. The van der Waals surface area contributed by atoms with Crippen molar-refractivity contribution in [3.63, 3.8) is 0 Å². The fourth-order valence-corrected chi connectivity index (χ4v) is 2.65. The van der Waals surface area contributed by atoms with Crippen LogP contribution in [0.4, 0.5) is 0 Å². The van der Waals surface area contributed by atoms with Gasteiger partial charge in [-0.1, -0.05) is 12.8 Å². The minimum Gasteiger partial charge on any atom is -0.480 e. The van der Waals surface area contributed by atoms with Gasteiger partial charge in [0.25, 0.3) is 0 Å². The van der Waals surface area contributed by atoms with Gasteiger partial charge in [-0.25, -0.2) is 4.79 Å². The molecule has 2 rings (SSSR count). The summed E-state index contributed by atoms with van der Waals surface area (Å²) in [4.78, 5) is 23.3. The molecule has 104 valence electrons. The van der Waals surface area contributed by atoms with Gasteiger partial charge in [0.1, 0.15) is 12.1 Å². The number of aryl methyl sites for hydroxylation is 2. The SMILES string of the molecule is Cc1cc(C)n(CC(=O)NC2(C(=O)O)CCCC2)n1. The summed E-state index contributed by atoms with van der Waals surface area (Å²) < 4.78 is 1.59. The van der Waals surface area contributed by atoms with E-state index in [9.17, 15) is 14.7 Å². The second-order valence-electron chi connectivity index (χ2n) is 5.23. The minimum atomic E-state index is -1.08. The number of carbonyl (C=O) groups excluding carboxylic acids is 1. The molecule has 1 heterocycles. The number of carboxylic acids is 1. The fraction of sp³-hybridized carbons (Fsp3) is 0.615. The van der Waals surface area contributed by atoms with Gasteiger partial charge in [0.15, 0.2) is 0 Å². The normalized spacial score (nSPS) is 17.4. The Morgan fingerprint density at radius 3 is 2.53 bits per heavy atom. The quantitative estimate of drug-likeness (QED) is 0.851. The van der Waals surface area contributed by atoms with Gasteiger partial charge in [-0.2, -0.15) is 5.10 Å². The number of aliphatic carboxylic acids is 1. The maximum absolute atomic E-state index is 12.0. The lowest BCUT2D eigenvalue weighted by molar-refractivity contribution is -0.147. The molecule has 1 amide bonds. The number of carbonyl (C=O) groups is 2. The van der Waals surface area contributed by atoms with Crippen molar-refractivity contribution in [2.45, 2.75) is 51.6 Å². The second-order valence-corrected chi connectivity index (χ2v) is 5.23. The average molecular weight is 265 g/mol. The Balaban J connectivity index is 2.04. The van der Waals surface area contributed by atoms with Crippen molar-refractivity contribution < 1.29 is 14.7 Å². The molecule has 1 aliphatic carbocycles. The summed E-state index contributed by atoms with van der Waals surface area (Å²) in [7, 11) is 0. The van der Waals surface area contributed by atoms with Gasteiger partial charge in [-0.05, 0) is 32.8 Å². The van der Waals surface area contributed by atoms with Crippen LogP contribution < -0.4 is 5.32 Å². The summed E-state index contributed by atoms with van der Waals surface area (Å²) in [5.41, 5.74) is 0.662. The zero-order valence-electron chi connectivity index (χ0n) is 11.3. The van der Waals surface area contributed by atoms with E-state index in [4.69, 9.17) is 0 Å². The van der Waals surface area contributed by atoms with Crippen molar-refractivity contribution in [3.8, 4) is 0 Å². The summed E-state index contributed by atoms with van der Waals surface area (Å²) in [5.74, 6) is -1.23. The summed E-state index contributed by atoms with van der Waals surface area (Å²) in [5, 5.41) is 16.2. The van der Waals surface area contributed by atoms with Crippen LogP contribution in [-0.2, 0) is 16.1 Å². The van der Waals surface area contributed by atoms with Gasteiger partial charge in [-0.3, -0.25) is 9.48 Å². The largest absolute Gasteiger partial charge is 0.480 e. The molecule has 0 bridgehead atoms. The molecule has 1 aromatic rings. The van der Waals surface area contributed by atoms with E-state index >= 15 is 0 Å². The molecule has 1 fully saturated rings. The molecule has 6 nitrogen and oxygen atoms in total. The lowest BCUT2D eigenvalue weighted by Gasteiger charge is -2.25. The summed E-state index contributed by atoms with van der Waals surface area (Å²) in [6.07, 6.45) is 2.69. The van der Waals surface area contributed by atoms with Crippen molar-refractivity contribution in [1.29, 1.82) is 0 Å². The minimum absolute atomic E-state index is 0.0642. The van der Waals surface area contributed by atoms with Gasteiger partial charge >= 0.3 is 5.97 Å². The lowest BCUT2D eigenvalue weighted by Crippen LogP contribution is -2.53. The predicted octanol–water partition coefficient (Wildman–Crippen LogP) is 1.01. The summed E-state index contributed by atoms with van der Waals surface area (Å²) >= 11 is 0. The van der Waals surface area contributed by atoms with E-state index in [1.165, 1.54) is 0 Å². The van der Waals surface area contributed by atoms with Gasteiger partial charge in [0, 0.05) is 5.69 Å². The van der Waals surface area contributed by atoms with E-state index in [1.54, 1.807) is 4.68 Å². The van der Waals surface area contributed by atoms with E-state index in [-0.39, 0.29) is 12.5 Å². The molecule has 0 unspecified atom stereocenters. The summed E-state index contributed by atoms with van der Waals surface area (Å²) in [6, 6.07) is 1.88. The second kappa shape index (κ2) is 5.03. The predicted molar refractivity (Wildman–Crippen MR) is 68.7 cm³/mol. The number of carboxylic acid groups (broad SMARTS) is 1. The molecular weight excluding hydrogens is 246 g/mol. The highest BCUT2D eigenvalue weighted by molar-refractivity contribution is 5.87. The van der Waals surface area contributed by atoms with E-state index < -0.39 is 11.5 Å². The first kappa shape index (κ1) is 13.6. The number of amides is 1. The molecule has 1 aliphatic rings. The molecule has 1 saturated carbocycles. The van der Waals surface area contributed by atoms with Crippen LogP contribution in [0.15, 0.2) is 6.07 Å². The highest BCUT2D eigenvalue weighted by Gasteiger charge is 2.42. The van der Waals surface area contributed by atoms with Crippen LogP contribution >= 0.6 is 0 Å². The van der Waals surface area contributed by atoms with Crippen molar-refractivity contribution in [2.75, 3.05) is 0 Å². The van der Waals surface area contributed by atoms with Crippen LogP contribution in [-0.4, -0.2) is 32.3 Å². The Bertz CT molecular complexity index is 501. The monoisotopic (exact) mass is 265 g/mol. The molecule has 1 aromatic heterocycles. The van der Waals surface area contributed by atoms with Gasteiger partial charge in [-0.15, -0.1) is 0 Å². The first-order valence-corrected chi connectivity index (χ1v) is 6.48. The Hall–Kier alpha value is -1.85. The van der Waals surface area contributed by atoms with Gasteiger partial charge in [0.05, 0.1) is 5.69 Å². The van der Waals surface area contributed by atoms with Crippen molar-refractivity contribution in [3.05, 3.63) is 17.5 Å². The molecule has 0 saturated heterocycles. The zero-order valence-corrected chi connectivity index (χ0v) is 11.3. The first-order chi connectivity index (χ1) is 8.93. The Kier molecular flexibility index (Phi) is 3.59. The number of nitrogens with one attached hydrogen (secondary N) is 1. The topological polar surface area (TPSA) is 84.2 Å². The summed E-state index contributed by atoms with van der Waals surface area (Å²) in [6.45, 7) is 3.79. The molecule has 0 spiro atoms. The third-order valence-electron chi connectivity index (χ3n) is 3.64. The molecule has 6 heteroatoms. The molecule has 19 heavy (non-hydrogen) atoms. The third kappa shape index (κ3) is 2.77. The highest BCUT2D eigenvalue weighted by atomic mass is 16.4. The van der Waals surface area contributed by atoms with Crippen LogP contribution in [0.25, 0.3) is 0 Å². The van der Waals surface area contributed by atoms with Crippen molar-refractivity contribution in [2.24, 2.45) is 0 Å². The molecular formula is C13H19N3O3. The van der Waals surface area contributed by atoms with Gasteiger partial charge in [0.2, 0.25) is 5.91 Å². The van der Waals surface area contributed by atoms with E-state index in [1.807, 2.05) is 19.9 Å². The van der Waals surface area contributed by atoms with Crippen molar-refractivity contribution in [1.82, 2.24) is 15.1 Å². The molecule has 0 radical (unpaired) electrons. The van der Waals surface area contributed by atoms with Crippen LogP contribution in [0.2, 0.25) is 0 Å². The Morgan fingerprint density at radius 2 is 2.05 bits per heavy atom. The fourth-order valence-electron chi connectivity index (χ4n) is 2.65. The van der Waals surface area contributed by atoms with E-state index in [0.29, 0.717) is 12.8 Å². The van der Waals surface area contributed by atoms with Gasteiger partial charge < -0.3 is 10.4 Å².